The van der Waals surface area contributed by atoms with Gasteiger partial charge in [-0.05, 0) is 58.8 Å². The first-order chi connectivity index (χ1) is 9.69. The van der Waals surface area contributed by atoms with Gasteiger partial charge < -0.3 is 15.4 Å². The van der Waals surface area contributed by atoms with E-state index < -0.39 is 5.60 Å². The molecule has 0 aromatic heterocycles. The smallest absolute Gasteiger partial charge is 0.408 e. The Kier molecular flexibility index (Phi) is 6.51. The average molecular weight is 298 g/mol. The second-order valence-corrected chi connectivity index (χ2v) is 7.61. The highest BCUT2D eigenvalue weighted by atomic mass is 16.6. The van der Waals surface area contributed by atoms with Crippen molar-refractivity contribution in [3.8, 4) is 0 Å². The van der Waals surface area contributed by atoms with Crippen LogP contribution < -0.4 is 10.6 Å². The van der Waals surface area contributed by atoms with Crippen LogP contribution in [0.15, 0.2) is 0 Å². The molecule has 2 unspecified atom stereocenters. The van der Waals surface area contributed by atoms with Crippen molar-refractivity contribution in [1.29, 1.82) is 0 Å². The number of hydrogen-bond donors (Lipinski definition) is 2. The minimum atomic E-state index is -0.453. The fourth-order valence-corrected chi connectivity index (χ4v) is 2.97. The minimum Gasteiger partial charge on any atom is -0.444 e. The number of amides is 1. The van der Waals surface area contributed by atoms with Gasteiger partial charge in [-0.2, -0.15) is 0 Å². The number of carbonyl (C=O) groups is 1. The Labute approximate surface area is 130 Å². The van der Waals surface area contributed by atoms with Crippen LogP contribution in [0.3, 0.4) is 0 Å². The fraction of sp³-hybridized carbons (Fsp3) is 0.941. The van der Waals surface area contributed by atoms with Crippen molar-refractivity contribution in [3.63, 3.8) is 0 Å². The van der Waals surface area contributed by atoms with Crippen LogP contribution in [0, 0.1) is 5.92 Å². The third kappa shape index (κ3) is 6.25. The van der Waals surface area contributed by atoms with Crippen molar-refractivity contribution < 1.29 is 9.53 Å². The second-order valence-electron chi connectivity index (χ2n) is 7.61. The van der Waals surface area contributed by atoms with Gasteiger partial charge in [-0.25, -0.2) is 4.79 Å². The average Bonchev–Trinajstić information content (AvgIpc) is 2.78. The first-order valence-electron chi connectivity index (χ1n) is 8.44. The SMILES string of the molecule is CCC(CC)(CNC1CCC(C)C1)NC(=O)OC(C)(C)C. The lowest BCUT2D eigenvalue weighted by Crippen LogP contribution is -2.56. The molecule has 2 N–H and O–H groups in total. The Hall–Kier alpha value is -0.770. The van der Waals surface area contributed by atoms with Crippen molar-refractivity contribution in [3.05, 3.63) is 0 Å². The summed E-state index contributed by atoms with van der Waals surface area (Å²) in [6, 6.07) is 0.595. The van der Waals surface area contributed by atoms with E-state index in [1.54, 1.807) is 0 Å². The number of hydrogen-bond acceptors (Lipinski definition) is 3. The van der Waals surface area contributed by atoms with Gasteiger partial charge in [-0.1, -0.05) is 20.8 Å². The van der Waals surface area contributed by atoms with Gasteiger partial charge in [0.2, 0.25) is 0 Å². The van der Waals surface area contributed by atoms with E-state index in [0.717, 1.165) is 25.3 Å². The molecule has 0 aromatic rings. The zero-order valence-electron chi connectivity index (χ0n) is 14.7. The maximum absolute atomic E-state index is 12.1. The van der Waals surface area contributed by atoms with Crippen molar-refractivity contribution in [2.45, 2.75) is 90.8 Å². The Morgan fingerprint density at radius 1 is 1.19 bits per heavy atom. The van der Waals surface area contributed by atoms with Gasteiger partial charge in [0.1, 0.15) is 5.60 Å². The van der Waals surface area contributed by atoms with Crippen LogP contribution in [0.4, 0.5) is 4.79 Å². The van der Waals surface area contributed by atoms with Gasteiger partial charge in [0.15, 0.2) is 0 Å². The molecule has 0 spiro atoms. The Morgan fingerprint density at radius 3 is 2.24 bits per heavy atom. The normalized spacial score (nSPS) is 23.1. The van der Waals surface area contributed by atoms with Crippen LogP contribution in [-0.4, -0.2) is 29.8 Å². The Balaban J connectivity index is 2.54. The van der Waals surface area contributed by atoms with Crippen molar-refractivity contribution >= 4 is 6.09 Å². The number of ether oxygens (including phenoxy) is 1. The molecular weight excluding hydrogens is 264 g/mol. The molecule has 1 amide bonds. The third-order valence-corrected chi connectivity index (χ3v) is 4.54. The molecule has 2 atom stereocenters. The molecule has 1 saturated carbocycles. The lowest BCUT2D eigenvalue weighted by molar-refractivity contribution is 0.0444. The van der Waals surface area contributed by atoms with E-state index in [2.05, 4.69) is 31.4 Å². The summed E-state index contributed by atoms with van der Waals surface area (Å²) in [5.74, 6) is 0.818. The van der Waals surface area contributed by atoms with Crippen molar-refractivity contribution in [2.24, 2.45) is 5.92 Å². The fourth-order valence-electron chi connectivity index (χ4n) is 2.97. The van der Waals surface area contributed by atoms with Crippen LogP contribution in [0.25, 0.3) is 0 Å². The van der Waals surface area contributed by atoms with Crippen LogP contribution in [0.2, 0.25) is 0 Å². The lowest BCUT2D eigenvalue weighted by atomic mass is 9.92. The molecule has 0 saturated heterocycles. The molecule has 21 heavy (non-hydrogen) atoms. The van der Waals surface area contributed by atoms with Crippen LogP contribution in [0.1, 0.15) is 73.6 Å². The van der Waals surface area contributed by atoms with E-state index in [1.165, 1.54) is 19.3 Å². The molecule has 1 fully saturated rings. The summed E-state index contributed by atoms with van der Waals surface area (Å²) in [7, 11) is 0. The van der Waals surface area contributed by atoms with Crippen molar-refractivity contribution in [2.75, 3.05) is 6.54 Å². The van der Waals surface area contributed by atoms with E-state index in [0.29, 0.717) is 6.04 Å². The quantitative estimate of drug-likeness (QED) is 0.783. The highest BCUT2D eigenvalue weighted by molar-refractivity contribution is 5.68. The van der Waals surface area contributed by atoms with Gasteiger partial charge in [-0.3, -0.25) is 0 Å². The number of nitrogens with one attached hydrogen (secondary N) is 2. The first kappa shape index (κ1) is 18.3. The summed E-state index contributed by atoms with van der Waals surface area (Å²) >= 11 is 0. The topological polar surface area (TPSA) is 50.4 Å². The minimum absolute atomic E-state index is 0.214. The third-order valence-electron chi connectivity index (χ3n) is 4.54. The predicted molar refractivity (Wildman–Crippen MR) is 87.5 cm³/mol. The van der Waals surface area contributed by atoms with Crippen LogP contribution in [-0.2, 0) is 4.74 Å². The summed E-state index contributed by atoms with van der Waals surface area (Å²) in [5, 5.41) is 6.75. The number of alkyl carbamates (subject to hydrolysis) is 1. The van der Waals surface area contributed by atoms with Crippen LogP contribution in [0.5, 0.6) is 0 Å². The molecule has 0 bridgehead atoms. The maximum Gasteiger partial charge on any atom is 0.408 e. The van der Waals surface area contributed by atoms with Gasteiger partial charge in [0, 0.05) is 12.6 Å². The van der Waals surface area contributed by atoms with Gasteiger partial charge >= 0.3 is 6.09 Å². The summed E-state index contributed by atoms with van der Waals surface area (Å²) in [5.41, 5.74) is -0.667. The molecule has 4 nitrogen and oxygen atoms in total. The lowest BCUT2D eigenvalue weighted by Gasteiger charge is -2.35. The molecule has 4 heteroatoms. The Bertz CT molecular complexity index is 332. The molecule has 0 aliphatic heterocycles. The molecule has 124 valence electrons. The Morgan fingerprint density at radius 2 is 1.81 bits per heavy atom. The zero-order valence-corrected chi connectivity index (χ0v) is 14.7. The second kappa shape index (κ2) is 7.48. The van der Waals surface area contributed by atoms with E-state index in [1.807, 2.05) is 20.8 Å². The number of carbonyl (C=O) groups excluding carboxylic acids is 1. The van der Waals surface area contributed by atoms with E-state index in [9.17, 15) is 4.79 Å². The van der Waals surface area contributed by atoms with E-state index >= 15 is 0 Å². The highest BCUT2D eigenvalue weighted by Crippen LogP contribution is 2.25. The van der Waals surface area contributed by atoms with E-state index in [4.69, 9.17) is 4.74 Å². The largest absolute Gasteiger partial charge is 0.444 e. The van der Waals surface area contributed by atoms with Gasteiger partial charge in [0.25, 0.3) is 0 Å². The molecule has 0 radical (unpaired) electrons. The molecule has 1 aliphatic rings. The van der Waals surface area contributed by atoms with Crippen LogP contribution >= 0.6 is 0 Å². The molecule has 1 rings (SSSR count). The highest BCUT2D eigenvalue weighted by Gasteiger charge is 2.32. The maximum atomic E-state index is 12.1. The zero-order chi connectivity index (χ0) is 16.1. The van der Waals surface area contributed by atoms with Crippen molar-refractivity contribution in [1.82, 2.24) is 10.6 Å². The van der Waals surface area contributed by atoms with E-state index in [-0.39, 0.29) is 11.6 Å². The molecule has 0 heterocycles. The molecular formula is C17H34N2O2. The number of rotatable bonds is 6. The monoisotopic (exact) mass is 298 g/mol. The standard InChI is InChI=1S/C17H34N2O2/c1-7-17(8-2,19-15(20)21-16(4,5)6)12-18-14-10-9-13(3)11-14/h13-14,18H,7-12H2,1-6H3,(H,19,20). The van der Waals surface area contributed by atoms with Gasteiger partial charge in [-0.15, -0.1) is 0 Å². The summed E-state index contributed by atoms with van der Waals surface area (Å²) in [6.07, 6.45) is 5.29. The summed E-state index contributed by atoms with van der Waals surface area (Å²) in [4.78, 5) is 12.1. The molecule has 1 aliphatic carbocycles. The van der Waals surface area contributed by atoms with Gasteiger partial charge in [0.05, 0.1) is 5.54 Å². The predicted octanol–water partition coefficient (Wildman–Crippen LogP) is 3.85. The molecule has 0 aromatic carbocycles. The summed E-state index contributed by atoms with van der Waals surface area (Å²) in [6.45, 7) is 13.1. The first-order valence-corrected chi connectivity index (χ1v) is 8.44. The summed E-state index contributed by atoms with van der Waals surface area (Å²) < 4.78 is 5.41.